The van der Waals surface area contributed by atoms with Crippen LogP contribution in [-0.4, -0.2) is 8.42 Å². The molecule has 4 nitrogen and oxygen atoms in total. The summed E-state index contributed by atoms with van der Waals surface area (Å²) in [6.45, 7) is -0.286. The largest absolute Gasteiger partial charge is 0.399 e. The van der Waals surface area contributed by atoms with E-state index < -0.39 is 21.7 Å². The third kappa shape index (κ3) is 3.78. The fourth-order valence-electron chi connectivity index (χ4n) is 1.65. The van der Waals surface area contributed by atoms with Crippen LogP contribution in [-0.2, 0) is 16.6 Å². The van der Waals surface area contributed by atoms with Crippen LogP contribution >= 0.6 is 15.9 Å². The van der Waals surface area contributed by atoms with E-state index in [0.29, 0.717) is 16.2 Å². The zero-order chi connectivity index (χ0) is 15.6. The first-order valence-corrected chi connectivity index (χ1v) is 8.06. The van der Waals surface area contributed by atoms with Gasteiger partial charge in [0.05, 0.1) is 4.90 Å². The van der Waals surface area contributed by atoms with E-state index in [1.54, 1.807) is 0 Å². The third-order valence-electron chi connectivity index (χ3n) is 2.71. The number of benzene rings is 2. The van der Waals surface area contributed by atoms with Gasteiger partial charge in [-0.05, 0) is 40.2 Å². The summed E-state index contributed by atoms with van der Waals surface area (Å²) in [5, 5.41) is 0. The van der Waals surface area contributed by atoms with Crippen molar-refractivity contribution in [3.8, 4) is 0 Å². The Hall–Kier alpha value is -1.51. The molecule has 0 unspecified atom stereocenters. The maximum atomic E-state index is 13.5. The van der Waals surface area contributed by atoms with Crippen LogP contribution in [0.2, 0.25) is 0 Å². The van der Waals surface area contributed by atoms with Gasteiger partial charge in [0.2, 0.25) is 10.0 Å². The number of hydrogen-bond acceptors (Lipinski definition) is 3. The molecule has 0 fully saturated rings. The number of halogens is 3. The van der Waals surface area contributed by atoms with Gasteiger partial charge in [-0.15, -0.1) is 0 Å². The minimum atomic E-state index is -3.85. The number of rotatable bonds is 4. The van der Waals surface area contributed by atoms with E-state index in [1.165, 1.54) is 24.3 Å². The van der Waals surface area contributed by atoms with Crippen molar-refractivity contribution in [1.29, 1.82) is 0 Å². The molecule has 2 aromatic rings. The van der Waals surface area contributed by atoms with Crippen molar-refractivity contribution in [2.75, 3.05) is 5.73 Å². The Balaban J connectivity index is 2.22. The van der Waals surface area contributed by atoms with E-state index in [2.05, 4.69) is 20.7 Å². The van der Waals surface area contributed by atoms with Gasteiger partial charge in [-0.2, -0.15) is 0 Å². The van der Waals surface area contributed by atoms with Gasteiger partial charge in [-0.25, -0.2) is 21.9 Å². The van der Waals surface area contributed by atoms with Crippen molar-refractivity contribution < 1.29 is 17.2 Å². The SMILES string of the molecule is Nc1ccc(S(=O)(=O)NCc2ccc(F)cc2F)c(Br)c1. The van der Waals surface area contributed by atoms with Crippen molar-refractivity contribution in [1.82, 2.24) is 4.72 Å². The molecular formula is C13H11BrF2N2O2S. The second-order valence-corrected chi connectivity index (χ2v) is 6.84. The molecule has 0 saturated heterocycles. The van der Waals surface area contributed by atoms with E-state index in [9.17, 15) is 17.2 Å². The van der Waals surface area contributed by atoms with Gasteiger partial charge in [-0.3, -0.25) is 0 Å². The second-order valence-electron chi connectivity index (χ2n) is 4.25. The lowest BCUT2D eigenvalue weighted by molar-refractivity contribution is 0.562. The monoisotopic (exact) mass is 376 g/mol. The molecule has 2 aromatic carbocycles. The molecule has 0 aliphatic rings. The van der Waals surface area contributed by atoms with Gasteiger partial charge in [-0.1, -0.05) is 6.07 Å². The molecule has 2 rings (SSSR count). The van der Waals surface area contributed by atoms with Gasteiger partial charge in [0, 0.05) is 28.3 Å². The van der Waals surface area contributed by atoms with Crippen molar-refractivity contribution in [2.24, 2.45) is 0 Å². The lowest BCUT2D eigenvalue weighted by atomic mass is 10.2. The number of sulfonamides is 1. The zero-order valence-corrected chi connectivity index (χ0v) is 13.0. The highest BCUT2D eigenvalue weighted by Gasteiger charge is 2.18. The molecule has 0 spiro atoms. The van der Waals surface area contributed by atoms with Gasteiger partial charge < -0.3 is 5.73 Å². The Morgan fingerprint density at radius 3 is 2.48 bits per heavy atom. The highest BCUT2D eigenvalue weighted by molar-refractivity contribution is 9.10. The predicted molar refractivity (Wildman–Crippen MR) is 78.9 cm³/mol. The number of nitrogen functional groups attached to an aromatic ring is 1. The van der Waals surface area contributed by atoms with Crippen molar-refractivity contribution in [3.05, 3.63) is 58.1 Å². The van der Waals surface area contributed by atoms with Crippen LogP contribution in [0.1, 0.15) is 5.56 Å². The van der Waals surface area contributed by atoms with Gasteiger partial charge in [0.15, 0.2) is 0 Å². The standard InChI is InChI=1S/C13H11BrF2N2O2S/c14-11-6-10(17)3-4-13(11)21(19,20)18-7-8-1-2-9(15)5-12(8)16/h1-6,18H,7,17H2. The molecular weight excluding hydrogens is 366 g/mol. The highest BCUT2D eigenvalue weighted by atomic mass is 79.9. The van der Waals surface area contributed by atoms with Gasteiger partial charge in [0.1, 0.15) is 11.6 Å². The highest BCUT2D eigenvalue weighted by Crippen LogP contribution is 2.24. The maximum absolute atomic E-state index is 13.5. The normalized spacial score (nSPS) is 11.6. The lowest BCUT2D eigenvalue weighted by Gasteiger charge is -2.09. The molecule has 0 aromatic heterocycles. The first-order chi connectivity index (χ1) is 9.79. The second kappa shape index (κ2) is 6.08. The molecule has 0 aliphatic heterocycles. The first kappa shape index (κ1) is 15.9. The summed E-state index contributed by atoms with van der Waals surface area (Å²) in [4.78, 5) is -0.0146. The van der Waals surface area contributed by atoms with E-state index in [1.807, 2.05) is 0 Å². The van der Waals surface area contributed by atoms with E-state index in [-0.39, 0.29) is 17.0 Å². The molecule has 21 heavy (non-hydrogen) atoms. The average Bonchev–Trinajstić information content (AvgIpc) is 2.37. The minimum absolute atomic E-state index is 0.0146. The molecule has 0 saturated carbocycles. The van der Waals surface area contributed by atoms with Crippen LogP contribution in [0.4, 0.5) is 14.5 Å². The van der Waals surface area contributed by atoms with Gasteiger partial charge in [0.25, 0.3) is 0 Å². The van der Waals surface area contributed by atoms with Crippen molar-refractivity contribution in [2.45, 2.75) is 11.4 Å². The fraction of sp³-hybridized carbons (Fsp3) is 0.0769. The summed E-state index contributed by atoms with van der Waals surface area (Å²) in [5.41, 5.74) is 5.99. The summed E-state index contributed by atoms with van der Waals surface area (Å²) in [7, 11) is -3.85. The minimum Gasteiger partial charge on any atom is -0.399 e. The zero-order valence-electron chi connectivity index (χ0n) is 10.6. The summed E-state index contributed by atoms with van der Waals surface area (Å²) >= 11 is 3.11. The molecule has 0 heterocycles. The number of anilines is 1. The summed E-state index contributed by atoms with van der Waals surface area (Å²) in [5.74, 6) is -1.53. The molecule has 3 N–H and O–H groups in total. The molecule has 0 amide bonds. The maximum Gasteiger partial charge on any atom is 0.241 e. The van der Waals surface area contributed by atoms with Crippen molar-refractivity contribution >= 4 is 31.6 Å². The Bertz CT molecular complexity index is 782. The van der Waals surface area contributed by atoms with E-state index in [4.69, 9.17) is 5.73 Å². The van der Waals surface area contributed by atoms with Crippen LogP contribution in [0.3, 0.4) is 0 Å². The van der Waals surface area contributed by atoms with Crippen LogP contribution in [0.25, 0.3) is 0 Å². The Labute approximate surface area is 129 Å². The van der Waals surface area contributed by atoms with Crippen LogP contribution < -0.4 is 10.5 Å². The summed E-state index contributed by atoms with van der Waals surface area (Å²) < 4.78 is 53.1. The summed E-state index contributed by atoms with van der Waals surface area (Å²) in [6, 6.07) is 7.17. The lowest BCUT2D eigenvalue weighted by Crippen LogP contribution is -2.24. The molecule has 0 bridgehead atoms. The first-order valence-electron chi connectivity index (χ1n) is 5.78. The molecule has 0 atom stereocenters. The Morgan fingerprint density at radius 1 is 1.14 bits per heavy atom. The van der Waals surface area contributed by atoms with Crippen molar-refractivity contribution in [3.63, 3.8) is 0 Å². The van der Waals surface area contributed by atoms with E-state index >= 15 is 0 Å². The number of nitrogens with one attached hydrogen (secondary N) is 1. The number of nitrogens with two attached hydrogens (primary N) is 1. The Kier molecular flexibility index (Phi) is 4.60. The van der Waals surface area contributed by atoms with Crippen LogP contribution in [0.15, 0.2) is 45.8 Å². The topological polar surface area (TPSA) is 72.2 Å². The Morgan fingerprint density at radius 2 is 1.86 bits per heavy atom. The average molecular weight is 377 g/mol. The summed E-state index contributed by atoms with van der Waals surface area (Å²) in [6.07, 6.45) is 0. The number of hydrogen-bond donors (Lipinski definition) is 2. The molecule has 0 radical (unpaired) electrons. The quantitative estimate of drug-likeness (QED) is 0.805. The van der Waals surface area contributed by atoms with E-state index in [0.717, 1.165) is 6.07 Å². The van der Waals surface area contributed by atoms with Gasteiger partial charge >= 0.3 is 0 Å². The smallest absolute Gasteiger partial charge is 0.241 e. The van der Waals surface area contributed by atoms with Crippen LogP contribution in [0, 0.1) is 11.6 Å². The third-order valence-corrected chi connectivity index (χ3v) is 5.09. The molecule has 0 aliphatic carbocycles. The molecule has 112 valence electrons. The fourth-order valence-corrected chi connectivity index (χ4v) is 3.75. The van der Waals surface area contributed by atoms with Crippen LogP contribution in [0.5, 0.6) is 0 Å². The molecule has 8 heteroatoms. The predicted octanol–water partition coefficient (Wildman–Crippen LogP) is 2.79.